The Bertz CT molecular complexity index is 5650. The highest BCUT2D eigenvalue weighted by atomic mass is 79.9. The number of methoxy groups -OCH3 is 14. The molecule has 0 saturated carbocycles. The van der Waals surface area contributed by atoms with E-state index in [2.05, 4.69) is 108 Å². The summed E-state index contributed by atoms with van der Waals surface area (Å²) >= 11 is 3.48. The summed E-state index contributed by atoms with van der Waals surface area (Å²) in [5.41, 5.74) is 14.1. The van der Waals surface area contributed by atoms with Crippen LogP contribution in [0.1, 0.15) is 76.1 Å². The largest absolute Gasteiger partial charge is 0.506 e. The Morgan fingerprint density at radius 1 is 0.394 bits per heavy atom. The number of aldehydes is 1. The summed E-state index contributed by atoms with van der Waals surface area (Å²) in [6.07, 6.45) is 10.1. The number of pyridine rings is 1. The minimum Gasteiger partial charge on any atom is -0.506 e. The number of rotatable bonds is 35. The van der Waals surface area contributed by atoms with Crippen molar-refractivity contribution in [3.8, 4) is 121 Å². The second kappa shape index (κ2) is 61.4. The van der Waals surface area contributed by atoms with Gasteiger partial charge >= 0.3 is 0 Å². The molecule has 0 aliphatic carbocycles. The maximum atomic E-state index is 10.6. The number of oxazole rings is 3. The second-order valence-corrected chi connectivity index (χ2v) is 27.0. The molecule has 0 aliphatic heterocycles. The molecular weight excluding hydrogens is 1760 g/mol. The maximum absolute atomic E-state index is 10.6. The molecule has 0 unspecified atom stereocenters. The first kappa shape index (κ1) is 110. The zero-order chi connectivity index (χ0) is 97.5. The number of aromatic nitrogens is 4. The van der Waals surface area contributed by atoms with Crippen LogP contribution in [0.2, 0.25) is 0 Å². The lowest BCUT2D eigenvalue weighted by Gasteiger charge is -2.13. The number of nitrogens with zero attached hydrogens (tertiary/aromatic N) is 5. The highest BCUT2D eigenvalue weighted by Gasteiger charge is 2.24. The lowest BCUT2D eigenvalue weighted by molar-refractivity contribution is 0.0507. The van der Waals surface area contributed by atoms with Crippen molar-refractivity contribution in [3.63, 3.8) is 0 Å². The minimum absolute atomic E-state index is 0.0748. The summed E-state index contributed by atoms with van der Waals surface area (Å²) in [7, 11) is 21.9. The van der Waals surface area contributed by atoms with Gasteiger partial charge in [0.25, 0.3) is 0 Å². The number of benzene rings is 9. The summed E-state index contributed by atoms with van der Waals surface area (Å²) in [6, 6.07) is 46.1. The van der Waals surface area contributed by atoms with E-state index in [9.17, 15) is 9.90 Å². The predicted molar refractivity (Wildman–Crippen MR) is 524 cm³/mol. The molecule has 132 heavy (non-hydrogen) atoms. The summed E-state index contributed by atoms with van der Waals surface area (Å²) in [4.78, 5) is 33.3. The van der Waals surface area contributed by atoms with Crippen molar-refractivity contribution in [1.29, 1.82) is 0 Å². The Balaban J connectivity index is 0.000000339. The van der Waals surface area contributed by atoms with Crippen LogP contribution in [0.5, 0.6) is 86.2 Å². The molecule has 30 heteroatoms. The first-order chi connectivity index (χ1) is 64.3. The highest BCUT2D eigenvalue weighted by Crippen LogP contribution is 2.45. The van der Waals surface area contributed by atoms with Crippen LogP contribution >= 0.6 is 15.9 Å². The first-order valence-corrected chi connectivity index (χ1v) is 41.9. The summed E-state index contributed by atoms with van der Waals surface area (Å²) < 4.78 is 114. The van der Waals surface area contributed by atoms with E-state index < -0.39 is 0 Å². The molecule has 0 saturated heterocycles. The van der Waals surface area contributed by atoms with Gasteiger partial charge in [0.15, 0.2) is 101 Å². The smallest absolute Gasteiger partial charge is 0.231 e. The number of phenols is 1. The van der Waals surface area contributed by atoms with Gasteiger partial charge in [0.05, 0.1) is 93.5 Å². The SMILES string of the molecule is C=C.C=C.C=C.C=CCC.C=CCC.COCOc1cc(OC)c(OC)cc1-c1nc2c(C)cccc2o1.COCOc1cc(OC)c(OC)cc1-c1nc2c(CBr)cccc2o1.COCOc1cc(OC)c(OC)cc1-c1nc2c(CNCc3ccccn3)cccc2o1.COCOc1cc(OC)c(OC)cc1C=Nc1c(C)cccc1O.COc1cc(C)c(C=O)cc1OC. The zero-order valence-corrected chi connectivity index (χ0v) is 80.5. The van der Waals surface area contributed by atoms with Gasteiger partial charge in [0.2, 0.25) is 17.7 Å². The van der Waals surface area contributed by atoms with E-state index in [1.54, 1.807) is 185 Å². The van der Waals surface area contributed by atoms with Gasteiger partial charge in [0, 0.05) is 113 Å². The fraction of sp³-hybridized carbons (Fsp3) is 0.275. The third-order valence-electron chi connectivity index (χ3n) is 18.1. The molecule has 29 nitrogen and oxygen atoms in total. The van der Waals surface area contributed by atoms with Gasteiger partial charge in [-0.05, 0) is 116 Å². The molecule has 0 spiro atoms. The number of allylic oxidation sites excluding steroid dienone is 2. The van der Waals surface area contributed by atoms with Crippen LogP contribution in [0, 0.1) is 20.8 Å². The highest BCUT2D eigenvalue weighted by molar-refractivity contribution is 9.08. The lowest BCUT2D eigenvalue weighted by atomic mass is 10.1. The number of halogens is 1. The number of nitrogens with one attached hydrogen (secondary N) is 1. The van der Waals surface area contributed by atoms with Crippen LogP contribution in [0.3, 0.4) is 0 Å². The molecule has 0 aliphatic rings. The standard InChI is InChI=1S/C24H25N3O5.C18H18BrNO5.C18H19NO5.C18H21NO5.C10H12O3.2C4H8.3C2H4/c1-28-15-31-20-12-22(30-3)21(29-2)11-18(20)24-27-23-16(7-6-9-19(23)32-24)13-25-14-17-8-4-5-10-26-17;1-21-10-24-14-8-16(23-3)15(22-2)7-12(14)18-20-17-11(9-19)5-4-6-13(17)25-18;1-11-6-5-7-13-17(11)19-18(24-13)12-8-15(21-3)16(22-4)9-14(12)23-10-20-2;1-12-6-5-7-14(20)18(12)19-10-13-8-16(22-3)17(23-4)9-15(13)24-11-21-2;1-7-4-9(12-2)10(13-3)5-8(7)6-11;2*1-3-4-2;3*1-2/h4-12,25H,13-15H2,1-3H3;4-8H,9-10H2,1-3H3;5-9H,10H2,1-4H3;5-10,20H,11H2,1-4H3;4-6H,1-3H3;2*3H,1,4H2,2H3;3*1-2H2. The third-order valence-corrected chi connectivity index (χ3v) is 18.7. The van der Waals surface area contributed by atoms with E-state index in [-0.39, 0.29) is 32.9 Å². The number of para-hydroxylation sites is 4. The van der Waals surface area contributed by atoms with Crippen molar-refractivity contribution in [1.82, 2.24) is 25.3 Å². The van der Waals surface area contributed by atoms with E-state index in [4.69, 9.17) is 103 Å². The Kier molecular flexibility index (Phi) is 51.2. The molecular formula is C102H123BrN6O23. The number of phenolic OH excluding ortho intramolecular Hbond substituents is 1. The minimum atomic E-state index is 0.0748. The van der Waals surface area contributed by atoms with Crippen LogP contribution in [-0.2, 0) is 37.4 Å². The van der Waals surface area contributed by atoms with Crippen LogP contribution in [-0.4, -0.2) is 164 Å². The number of fused-ring (bicyclic) bond motifs is 3. The van der Waals surface area contributed by atoms with Crippen molar-refractivity contribution >= 4 is 67.4 Å². The van der Waals surface area contributed by atoms with Gasteiger partial charge in [0.1, 0.15) is 57.3 Å². The Morgan fingerprint density at radius 3 is 1.12 bits per heavy atom. The quantitative estimate of drug-likeness (QED) is 0.0122. The van der Waals surface area contributed by atoms with E-state index >= 15 is 0 Å². The number of ether oxygens (including phenoxy) is 18. The number of aryl methyl sites for hydroxylation is 3. The monoisotopic (exact) mass is 1880 g/mol. The average molecular weight is 1880 g/mol. The number of aliphatic imine (C=N–C) groups is 1. The normalized spacial score (nSPS) is 10.1. The molecule has 0 radical (unpaired) electrons. The van der Waals surface area contributed by atoms with Crippen molar-refractivity contribution in [2.75, 3.05) is 127 Å². The van der Waals surface area contributed by atoms with Crippen molar-refractivity contribution in [3.05, 3.63) is 267 Å². The summed E-state index contributed by atoms with van der Waals surface area (Å²) in [5, 5.41) is 14.1. The first-order valence-electron chi connectivity index (χ1n) is 40.8. The molecule has 0 bridgehead atoms. The molecule has 706 valence electrons. The van der Waals surface area contributed by atoms with Crippen LogP contribution in [0.4, 0.5) is 5.69 Å². The molecule has 13 aromatic rings. The number of carbonyl (C=O) groups excluding carboxylic acids is 1. The number of alkyl halides is 1. The van der Waals surface area contributed by atoms with E-state index in [0.29, 0.717) is 161 Å². The van der Waals surface area contributed by atoms with Crippen molar-refractivity contribution in [2.45, 2.75) is 65.9 Å². The molecule has 0 amide bonds. The molecule has 9 aromatic carbocycles. The molecule has 2 N–H and O–H groups in total. The van der Waals surface area contributed by atoms with Crippen LogP contribution in [0.25, 0.3) is 67.7 Å². The van der Waals surface area contributed by atoms with Gasteiger partial charge < -0.3 is 109 Å². The molecule has 0 fully saturated rings. The Hall–Kier alpha value is -14.1. The number of hydrogen-bond acceptors (Lipinski definition) is 29. The molecule has 4 heterocycles. The molecule has 0 atom stereocenters. The molecule has 13 rings (SSSR count). The van der Waals surface area contributed by atoms with Gasteiger partial charge in [-0.1, -0.05) is 96.5 Å². The Labute approximate surface area is 782 Å². The third kappa shape index (κ3) is 31.9. The van der Waals surface area contributed by atoms with E-state index in [0.717, 1.165) is 74.8 Å². The number of carbonyl (C=O) groups is 1. The van der Waals surface area contributed by atoms with Gasteiger partial charge in [-0.3, -0.25) is 14.8 Å². The average Bonchev–Trinajstić information content (AvgIpc) is 1.63. The van der Waals surface area contributed by atoms with Crippen LogP contribution in [0.15, 0.2) is 241 Å². The topological polar surface area (TPSA) is 319 Å². The van der Waals surface area contributed by atoms with Crippen molar-refractivity contribution in [2.24, 2.45) is 4.99 Å². The van der Waals surface area contributed by atoms with E-state index in [1.165, 1.54) is 0 Å². The summed E-state index contributed by atoms with van der Waals surface area (Å²) in [5.74, 6) is 9.19. The summed E-state index contributed by atoms with van der Waals surface area (Å²) in [6.45, 7) is 36.4. The lowest BCUT2D eigenvalue weighted by Crippen LogP contribution is -2.13. The molecule has 4 aromatic heterocycles. The number of hydrogen-bond donors (Lipinski definition) is 2. The fourth-order valence-corrected chi connectivity index (χ4v) is 12.1. The van der Waals surface area contributed by atoms with Gasteiger partial charge in [-0.25, -0.2) is 15.0 Å². The van der Waals surface area contributed by atoms with Crippen molar-refractivity contribution < 1.29 is 108 Å². The van der Waals surface area contributed by atoms with E-state index in [1.807, 2.05) is 112 Å². The fourth-order valence-electron chi connectivity index (χ4n) is 11.6. The Morgan fingerprint density at radius 2 is 0.742 bits per heavy atom. The van der Waals surface area contributed by atoms with Gasteiger partial charge in [-0.15, -0.1) is 52.6 Å². The zero-order valence-electron chi connectivity index (χ0n) is 78.9. The predicted octanol–water partition coefficient (Wildman–Crippen LogP) is 23.2. The second-order valence-electron chi connectivity index (χ2n) is 26.4. The number of aromatic hydroxyl groups is 1. The van der Waals surface area contributed by atoms with Gasteiger partial charge in [-0.2, -0.15) is 0 Å². The van der Waals surface area contributed by atoms with Crippen LogP contribution < -0.4 is 71.6 Å². The maximum Gasteiger partial charge on any atom is 0.231 e.